The number of carbonyl (C=O) groups is 2. The lowest BCUT2D eigenvalue weighted by atomic mass is 10.2. The molecule has 1 rings (SSSR count). The monoisotopic (exact) mass is 247 g/mol. The van der Waals surface area contributed by atoms with Crippen molar-refractivity contribution in [1.29, 1.82) is 0 Å². The van der Waals surface area contributed by atoms with Gasteiger partial charge in [-0.2, -0.15) is 0 Å². The number of carboxylic acid groups (broad SMARTS) is 1. The first-order valence-electron chi connectivity index (χ1n) is 4.81. The van der Waals surface area contributed by atoms with Gasteiger partial charge >= 0.3 is 5.97 Å². The molecule has 0 aromatic rings. The second-order valence-electron chi connectivity index (χ2n) is 3.50. The molecule has 7 nitrogen and oxygen atoms in total. The van der Waals surface area contributed by atoms with Crippen molar-refractivity contribution < 1.29 is 14.7 Å². The number of likely N-dealkylation sites (tertiary alicyclic amines) is 1. The Balaban J connectivity index is 2.58. The molecule has 3 N–H and O–H groups in total. The lowest BCUT2D eigenvalue weighted by Gasteiger charge is -2.24. The summed E-state index contributed by atoms with van der Waals surface area (Å²) < 4.78 is 2.54. The highest BCUT2D eigenvalue weighted by atomic mass is 32.2. The zero-order valence-electron chi connectivity index (χ0n) is 8.54. The number of aliphatic carboxylic acids is 1. The smallest absolute Gasteiger partial charge is 0.326 e. The minimum Gasteiger partial charge on any atom is -0.480 e. The average molecular weight is 247 g/mol. The molecule has 0 bridgehead atoms. The first-order valence-corrected chi connectivity index (χ1v) is 5.75. The zero-order valence-corrected chi connectivity index (χ0v) is 9.35. The molecule has 1 amide bonds. The largest absolute Gasteiger partial charge is 0.480 e. The van der Waals surface area contributed by atoms with Crippen LogP contribution in [0.25, 0.3) is 0 Å². The van der Waals surface area contributed by atoms with Crippen LogP contribution in [0.5, 0.6) is 0 Å². The van der Waals surface area contributed by atoms with E-state index in [1.807, 2.05) is 0 Å². The standard InChI is InChI=1S/C8H13N3O4S/c9-5(4-16-10-15)7(12)11-3-1-2-6(11)8(13)14/h5-6H,1-4,9H2,(H,13,14)/t5-,6+/m1/s1. The summed E-state index contributed by atoms with van der Waals surface area (Å²) in [4.78, 5) is 33.7. The Morgan fingerprint density at radius 2 is 2.31 bits per heavy atom. The molecule has 0 aromatic heterocycles. The molecule has 16 heavy (non-hydrogen) atoms. The molecule has 2 atom stereocenters. The highest BCUT2D eigenvalue weighted by Gasteiger charge is 2.35. The summed E-state index contributed by atoms with van der Waals surface area (Å²) in [5.41, 5.74) is 5.54. The highest BCUT2D eigenvalue weighted by Crippen LogP contribution is 2.18. The normalized spacial score (nSPS) is 21.8. The van der Waals surface area contributed by atoms with Crippen molar-refractivity contribution in [3.05, 3.63) is 4.91 Å². The lowest BCUT2D eigenvalue weighted by molar-refractivity contribution is -0.148. The Hall–Kier alpha value is -1.15. The fourth-order valence-electron chi connectivity index (χ4n) is 1.68. The molecule has 0 unspecified atom stereocenters. The van der Waals surface area contributed by atoms with Gasteiger partial charge in [0, 0.05) is 28.8 Å². The summed E-state index contributed by atoms with van der Waals surface area (Å²) in [6, 6.07) is -1.66. The maximum atomic E-state index is 11.7. The van der Waals surface area contributed by atoms with Crippen LogP contribution in [0.15, 0.2) is 4.58 Å². The van der Waals surface area contributed by atoms with Gasteiger partial charge in [-0.05, 0) is 12.8 Å². The number of rotatable bonds is 5. The van der Waals surface area contributed by atoms with Crippen LogP contribution in [0.3, 0.4) is 0 Å². The summed E-state index contributed by atoms with van der Waals surface area (Å²) in [6.07, 6.45) is 1.11. The van der Waals surface area contributed by atoms with Crippen molar-refractivity contribution in [2.24, 2.45) is 10.3 Å². The first-order chi connectivity index (χ1) is 7.57. The number of hydrogen-bond acceptors (Lipinski definition) is 6. The van der Waals surface area contributed by atoms with E-state index < -0.39 is 24.0 Å². The van der Waals surface area contributed by atoms with Crippen LogP contribution in [0, 0.1) is 4.91 Å². The van der Waals surface area contributed by atoms with Gasteiger partial charge in [-0.15, -0.1) is 4.91 Å². The van der Waals surface area contributed by atoms with Crippen molar-refractivity contribution in [2.75, 3.05) is 12.3 Å². The van der Waals surface area contributed by atoms with Crippen molar-refractivity contribution in [3.63, 3.8) is 0 Å². The SMILES string of the molecule is N[C@H](CSN=O)C(=O)N1CCC[C@H]1C(=O)O. The van der Waals surface area contributed by atoms with Crippen LogP contribution in [0.1, 0.15) is 12.8 Å². The van der Waals surface area contributed by atoms with Gasteiger partial charge in [0.2, 0.25) is 5.91 Å². The molecule has 1 aliphatic heterocycles. The molecule has 8 heteroatoms. The molecule has 1 aliphatic rings. The van der Waals surface area contributed by atoms with Crippen LogP contribution < -0.4 is 5.73 Å². The molecule has 1 saturated heterocycles. The van der Waals surface area contributed by atoms with Crippen LogP contribution in [0.4, 0.5) is 0 Å². The number of nitroso groups, excluding NO2 is 1. The van der Waals surface area contributed by atoms with Gasteiger partial charge in [-0.3, -0.25) is 4.79 Å². The molecule has 0 aliphatic carbocycles. The van der Waals surface area contributed by atoms with Crippen LogP contribution in [-0.2, 0) is 9.59 Å². The van der Waals surface area contributed by atoms with Crippen LogP contribution >= 0.6 is 11.9 Å². The molecule has 1 fully saturated rings. The molecule has 1 heterocycles. The van der Waals surface area contributed by atoms with Gasteiger partial charge < -0.3 is 15.7 Å². The van der Waals surface area contributed by atoms with E-state index in [2.05, 4.69) is 4.58 Å². The van der Waals surface area contributed by atoms with Gasteiger partial charge in [-0.1, -0.05) is 0 Å². The Morgan fingerprint density at radius 3 is 2.88 bits per heavy atom. The Kier molecular flexibility index (Phi) is 4.69. The number of nitrogens with zero attached hydrogens (tertiary/aromatic N) is 2. The number of amides is 1. The van der Waals surface area contributed by atoms with E-state index in [0.717, 1.165) is 0 Å². The number of nitrogens with two attached hydrogens (primary N) is 1. The molecule has 0 aromatic carbocycles. The van der Waals surface area contributed by atoms with Crippen molar-refractivity contribution in [1.82, 2.24) is 4.90 Å². The summed E-state index contributed by atoms with van der Waals surface area (Å²) in [5, 5.41) is 8.88. The lowest BCUT2D eigenvalue weighted by Crippen LogP contribution is -2.49. The molecular weight excluding hydrogens is 234 g/mol. The van der Waals surface area contributed by atoms with Gasteiger partial charge in [0.05, 0.1) is 6.04 Å². The van der Waals surface area contributed by atoms with E-state index in [9.17, 15) is 14.5 Å². The fourth-order valence-corrected chi connectivity index (χ4v) is 2.05. The van der Waals surface area contributed by atoms with Crippen molar-refractivity contribution in [3.8, 4) is 0 Å². The molecule has 0 saturated carbocycles. The fraction of sp³-hybridized carbons (Fsp3) is 0.750. The van der Waals surface area contributed by atoms with Gasteiger partial charge in [0.1, 0.15) is 6.04 Å². The average Bonchev–Trinajstić information content (AvgIpc) is 2.73. The van der Waals surface area contributed by atoms with Crippen molar-refractivity contribution >= 4 is 23.8 Å². The Labute approximate surface area is 96.5 Å². The summed E-state index contributed by atoms with van der Waals surface area (Å²) >= 11 is 0.662. The zero-order chi connectivity index (χ0) is 12.1. The van der Waals surface area contributed by atoms with E-state index in [4.69, 9.17) is 10.8 Å². The first kappa shape index (κ1) is 12.9. The van der Waals surface area contributed by atoms with Crippen molar-refractivity contribution in [2.45, 2.75) is 24.9 Å². The second-order valence-corrected chi connectivity index (χ2v) is 4.25. The maximum absolute atomic E-state index is 11.7. The van der Waals surface area contributed by atoms with Gasteiger partial charge in [0.25, 0.3) is 0 Å². The topological polar surface area (TPSA) is 113 Å². The summed E-state index contributed by atoms with van der Waals surface area (Å²) in [7, 11) is 0. The molecule has 0 radical (unpaired) electrons. The Bertz CT molecular complexity index is 299. The molecule has 0 spiro atoms. The van der Waals surface area contributed by atoms with E-state index in [1.54, 1.807) is 0 Å². The highest BCUT2D eigenvalue weighted by molar-refractivity contribution is 7.97. The summed E-state index contributed by atoms with van der Waals surface area (Å²) in [6.45, 7) is 0.405. The minimum absolute atomic E-state index is 0.0746. The second kappa shape index (κ2) is 5.80. The van der Waals surface area contributed by atoms with E-state index in [1.165, 1.54) is 4.90 Å². The number of carbonyl (C=O) groups excluding carboxylic acids is 1. The third-order valence-corrected chi connectivity index (χ3v) is 3.06. The van der Waals surface area contributed by atoms with Crippen LogP contribution in [0.2, 0.25) is 0 Å². The third-order valence-electron chi connectivity index (χ3n) is 2.44. The quantitative estimate of drug-likeness (QED) is 0.514. The summed E-state index contributed by atoms with van der Waals surface area (Å²) in [5.74, 6) is -1.37. The van der Waals surface area contributed by atoms with E-state index in [-0.39, 0.29) is 5.75 Å². The van der Waals surface area contributed by atoms with Gasteiger partial charge in [-0.25, -0.2) is 4.79 Å². The number of hydrogen-bond donors (Lipinski definition) is 2. The van der Waals surface area contributed by atoms with E-state index >= 15 is 0 Å². The number of carboxylic acids is 1. The maximum Gasteiger partial charge on any atom is 0.326 e. The van der Waals surface area contributed by atoms with Crippen LogP contribution in [-0.4, -0.2) is 46.3 Å². The molecule has 90 valence electrons. The van der Waals surface area contributed by atoms with Gasteiger partial charge in [0.15, 0.2) is 0 Å². The third kappa shape index (κ3) is 2.92. The molecular formula is C8H13N3O4S. The Morgan fingerprint density at radius 1 is 1.62 bits per heavy atom. The van der Waals surface area contributed by atoms with E-state index in [0.29, 0.717) is 31.3 Å². The predicted molar refractivity (Wildman–Crippen MR) is 58.6 cm³/mol. The predicted octanol–water partition coefficient (Wildman–Crippen LogP) is -0.196. The minimum atomic E-state index is -1.01.